The van der Waals surface area contributed by atoms with E-state index in [0.717, 1.165) is 10.7 Å². The lowest BCUT2D eigenvalue weighted by molar-refractivity contribution is -0.139. The number of aromatic nitrogens is 3. The van der Waals surface area contributed by atoms with Crippen molar-refractivity contribution < 1.29 is 22.7 Å². The van der Waals surface area contributed by atoms with E-state index in [-0.39, 0.29) is 13.1 Å². The smallest absolute Gasteiger partial charge is 0.423 e. The number of piperidine rings is 1. The zero-order valence-corrected chi connectivity index (χ0v) is 17.4. The number of carbonyl (C=O) groups is 1. The van der Waals surface area contributed by atoms with Crippen LogP contribution in [0.2, 0.25) is 0 Å². The van der Waals surface area contributed by atoms with E-state index >= 15 is 0 Å². The summed E-state index contributed by atoms with van der Waals surface area (Å²) < 4.78 is 48.5. The molecule has 1 aliphatic rings. The van der Waals surface area contributed by atoms with Crippen molar-refractivity contribution in [2.75, 3.05) is 13.1 Å². The number of ether oxygens (including phenoxy) is 1. The van der Waals surface area contributed by atoms with E-state index in [2.05, 4.69) is 5.10 Å². The van der Waals surface area contributed by atoms with Crippen LogP contribution in [-0.4, -0.2) is 43.9 Å². The summed E-state index contributed by atoms with van der Waals surface area (Å²) in [5, 5.41) is 4.84. The zero-order chi connectivity index (χ0) is 22.6. The number of fused-ring (bicyclic) bond motifs is 3. The van der Waals surface area contributed by atoms with Crippen LogP contribution in [0.3, 0.4) is 0 Å². The largest absolute Gasteiger partial charge is 0.444 e. The van der Waals surface area contributed by atoms with Crippen LogP contribution in [0.25, 0.3) is 16.6 Å². The minimum Gasteiger partial charge on any atom is -0.444 e. The van der Waals surface area contributed by atoms with Gasteiger partial charge in [0.15, 0.2) is 0 Å². The Hall–Kier alpha value is -3.04. The van der Waals surface area contributed by atoms with Gasteiger partial charge in [0.1, 0.15) is 16.8 Å². The maximum Gasteiger partial charge on any atom is 0.423 e. The molecule has 31 heavy (non-hydrogen) atoms. The van der Waals surface area contributed by atoms with E-state index in [1.165, 1.54) is 9.47 Å². The number of likely N-dealkylation sites (tertiary alicyclic amines) is 1. The van der Waals surface area contributed by atoms with Gasteiger partial charge in [0, 0.05) is 30.7 Å². The highest BCUT2D eigenvalue weighted by atomic mass is 19.4. The SMILES string of the molecule is CC(C)(C)OC(=O)N1CCC(n2c(=O)c(C(F)(F)F)cn3nc4ccccc4c23)CC1. The van der Waals surface area contributed by atoms with Gasteiger partial charge in [-0.1, -0.05) is 12.1 Å². The van der Waals surface area contributed by atoms with Crippen LogP contribution in [0, 0.1) is 0 Å². The Labute approximate surface area is 176 Å². The van der Waals surface area contributed by atoms with E-state index < -0.39 is 35.0 Å². The van der Waals surface area contributed by atoms with Gasteiger partial charge in [-0.15, -0.1) is 0 Å². The molecular formula is C21H23F3N4O3. The minimum atomic E-state index is -4.80. The molecule has 0 atom stereocenters. The molecule has 3 heterocycles. The van der Waals surface area contributed by atoms with Crippen LogP contribution in [-0.2, 0) is 10.9 Å². The Balaban J connectivity index is 1.76. The Morgan fingerprint density at radius 2 is 1.77 bits per heavy atom. The normalized spacial score (nSPS) is 16.3. The van der Waals surface area contributed by atoms with E-state index in [9.17, 15) is 22.8 Å². The number of benzene rings is 1. The van der Waals surface area contributed by atoms with E-state index in [1.54, 1.807) is 45.0 Å². The summed E-state index contributed by atoms with van der Waals surface area (Å²) in [5.41, 5.74) is -2.18. The van der Waals surface area contributed by atoms with Gasteiger partial charge in [-0.2, -0.15) is 18.3 Å². The van der Waals surface area contributed by atoms with Gasteiger partial charge in [0.25, 0.3) is 5.56 Å². The molecule has 0 unspecified atom stereocenters. The quantitative estimate of drug-likeness (QED) is 0.572. The molecule has 1 fully saturated rings. The molecule has 2 aromatic heterocycles. The van der Waals surface area contributed by atoms with Crippen molar-refractivity contribution in [3.8, 4) is 0 Å². The highest BCUT2D eigenvalue weighted by Gasteiger charge is 2.38. The third kappa shape index (κ3) is 3.98. The second kappa shape index (κ2) is 7.28. The van der Waals surface area contributed by atoms with Gasteiger partial charge in [0.05, 0.1) is 5.52 Å². The molecule has 1 aliphatic heterocycles. The Kier molecular flexibility index (Phi) is 4.98. The summed E-state index contributed by atoms with van der Waals surface area (Å²) in [4.78, 5) is 26.8. The number of amides is 1. The van der Waals surface area contributed by atoms with Crippen LogP contribution >= 0.6 is 0 Å². The average molecular weight is 436 g/mol. The van der Waals surface area contributed by atoms with E-state index in [0.29, 0.717) is 29.4 Å². The van der Waals surface area contributed by atoms with Crippen molar-refractivity contribution in [2.45, 2.75) is 51.4 Å². The van der Waals surface area contributed by atoms with Crippen LogP contribution < -0.4 is 5.56 Å². The van der Waals surface area contributed by atoms with Crippen molar-refractivity contribution >= 4 is 22.6 Å². The molecule has 0 bridgehead atoms. The minimum absolute atomic E-state index is 0.278. The number of carbonyl (C=O) groups excluding carboxylic acids is 1. The standard InChI is InChI=1S/C21H23F3N4O3/c1-20(2,3)31-19(30)26-10-8-13(9-11-26)28-17-14-6-4-5-7-16(14)25-27(17)12-15(18(28)29)21(22,23)24/h4-7,12-13H,8-11H2,1-3H3. The highest BCUT2D eigenvalue weighted by molar-refractivity contribution is 5.92. The molecule has 4 rings (SSSR count). The molecule has 0 radical (unpaired) electrons. The van der Waals surface area contributed by atoms with Gasteiger partial charge in [-0.25, -0.2) is 9.31 Å². The Morgan fingerprint density at radius 1 is 1.13 bits per heavy atom. The van der Waals surface area contributed by atoms with Gasteiger partial charge in [-0.3, -0.25) is 9.36 Å². The molecule has 3 aromatic rings. The monoisotopic (exact) mass is 436 g/mol. The van der Waals surface area contributed by atoms with E-state index in [4.69, 9.17) is 4.74 Å². The molecule has 0 spiro atoms. The lowest BCUT2D eigenvalue weighted by Gasteiger charge is -2.34. The highest BCUT2D eigenvalue weighted by Crippen LogP contribution is 2.31. The number of alkyl halides is 3. The summed E-state index contributed by atoms with van der Waals surface area (Å²) >= 11 is 0. The number of nitrogens with zero attached hydrogens (tertiary/aromatic N) is 4. The van der Waals surface area contributed by atoms with Crippen molar-refractivity contribution in [3.05, 3.63) is 46.4 Å². The lowest BCUT2D eigenvalue weighted by Crippen LogP contribution is -2.44. The molecule has 0 aliphatic carbocycles. The van der Waals surface area contributed by atoms with Gasteiger partial charge >= 0.3 is 12.3 Å². The first-order valence-electron chi connectivity index (χ1n) is 10.0. The fraction of sp³-hybridized carbons (Fsp3) is 0.476. The number of hydrogen-bond donors (Lipinski definition) is 0. The molecule has 1 saturated heterocycles. The Morgan fingerprint density at radius 3 is 2.39 bits per heavy atom. The average Bonchev–Trinajstić information content (AvgIpc) is 3.04. The number of halogens is 3. The fourth-order valence-corrected chi connectivity index (χ4v) is 3.94. The topological polar surface area (TPSA) is 68.8 Å². The third-order valence-corrected chi connectivity index (χ3v) is 5.29. The second-order valence-corrected chi connectivity index (χ2v) is 8.70. The first-order chi connectivity index (χ1) is 14.5. The summed E-state index contributed by atoms with van der Waals surface area (Å²) in [5.74, 6) is 0. The summed E-state index contributed by atoms with van der Waals surface area (Å²) in [6.07, 6.45) is -3.86. The van der Waals surface area contributed by atoms with Gasteiger partial charge in [-0.05, 0) is 45.7 Å². The predicted octanol–water partition coefficient (Wildman–Crippen LogP) is 4.24. The zero-order valence-electron chi connectivity index (χ0n) is 17.4. The lowest BCUT2D eigenvalue weighted by atomic mass is 10.0. The van der Waals surface area contributed by atoms with Gasteiger partial charge in [0.2, 0.25) is 0 Å². The molecule has 0 N–H and O–H groups in total. The predicted molar refractivity (Wildman–Crippen MR) is 108 cm³/mol. The van der Waals surface area contributed by atoms with Crippen LogP contribution in [0.15, 0.2) is 35.3 Å². The summed E-state index contributed by atoms with van der Waals surface area (Å²) in [6, 6.07) is 6.41. The van der Waals surface area contributed by atoms with Crippen molar-refractivity contribution in [1.29, 1.82) is 0 Å². The molecule has 7 nitrogen and oxygen atoms in total. The molecule has 1 aromatic carbocycles. The van der Waals surface area contributed by atoms with Crippen molar-refractivity contribution in [1.82, 2.24) is 19.1 Å². The molecule has 166 valence electrons. The number of hydrogen-bond acceptors (Lipinski definition) is 4. The molecule has 10 heteroatoms. The summed E-state index contributed by atoms with van der Waals surface area (Å²) in [6.45, 7) is 5.85. The first kappa shape index (κ1) is 21.2. The maximum atomic E-state index is 13.6. The fourth-order valence-electron chi connectivity index (χ4n) is 3.94. The van der Waals surface area contributed by atoms with Crippen molar-refractivity contribution in [3.63, 3.8) is 0 Å². The van der Waals surface area contributed by atoms with Crippen LogP contribution in [0.1, 0.15) is 45.2 Å². The number of rotatable bonds is 1. The second-order valence-electron chi connectivity index (χ2n) is 8.70. The van der Waals surface area contributed by atoms with Crippen molar-refractivity contribution in [2.24, 2.45) is 0 Å². The Bertz CT molecular complexity index is 1200. The molecular weight excluding hydrogens is 413 g/mol. The first-order valence-corrected chi connectivity index (χ1v) is 10.0. The van der Waals surface area contributed by atoms with Gasteiger partial charge < -0.3 is 9.64 Å². The van der Waals surface area contributed by atoms with Crippen LogP contribution in [0.5, 0.6) is 0 Å². The molecule has 1 amide bonds. The maximum absolute atomic E-state index is 13.6. The van der Waals surface area contributed by atoms with Crippen LogP contribution in [0.4, 0.5) is 18.0 Å². The van der Waals surface area contributed by atoms with E-state index in [1.807, 2.05) is 0 Å². The third-order valence-electron chi connectivity index (χ3n) is 5.29. The summed E-state index contributed by atoms with van der Waals surface area (Å²) in [7, 11) is 0. The molecule has 0 saturated carbocycles.